The smallest absolute Gasteiger partial charge is 0.326 e. The Hall–Kier alpha value is -2.73. The van der Waals surface area contributed by atoms with Crippen molar-refractivity contribution < 1.29 is 19.4 Å². The zero-order chi connectivity index (χ0) is 23.4. The minimum atomic E-state index is -0.763. The molecule has 1 saturated carbocycles. The molecule has 2 aromatic carbocycles. The number of benzene rings is 2. The molecule has 1 aliphatic rings. The van der Waals surface area contributed by atoms with E-state index in [-0.39, 0.29) is 23.9 Å². The Morgan fingerprint density at radius 3 is 2.41 bits per heavy atom. The number of carboxylic acids is 1. The zero-order valence-electron chi connectivity index (χ0n) is 19.0. The number of carbonyl (C=O) groups excluding carboxylic acids is 1. The number of aryl methyl sites for hydroxylation is 1. The average molecular weight is 459 g/mol. The van der Waals surface area contributed by atoms with Crippen LogP contribution in [0.5, 0.6) is 5.75 Å². The van der Waals surface area contributed by atoms with E-state index in [1.165, 1.54) is 0 Å². The first-order valence-corrected chi connectivity index (χ1v) is 11.4. The van der Waals surface area contributed by atoms with Crippen molar-refractivity contribution in [2.75, 3.05) is 17.3 Å². The van der Waals surface area contributed by atoms with Gasteiger partial charge < -0.3 is 15.2 Å². The van der Waals surface area contributed by atoms with Gasteiger partial charge in [0.2, 0.25) is 0 Å². The molecule has 7 heteroatoms. The van der Waals surface area contributed by atoms with Crippen LogP contribution in [0.3, 0.4) is 0 Å². The molecule has 0 heterocycles. The number of para-hydroxylation sites is 1. The van der Waals surface area contributed by atoms with Crippen molar-refractivity contribution in [2.45, 2.75) is 58.4 Å². The predicted octanol–water partition coefficient (Wildman–Crippen LogP) is 6.46. The summed E-state index contributed by atoms with van der Waals surface area (Å²) in [5.41, 5.74) is 3.27. The molecule has 0 radical (unpaired) electrons. The molecule has 0 aliphatic heterocycles. The van der Waals surface area contributed by atoms with Gasteiger partial charge in [-0.1, -0.05) is 43.6 Å². The van der Waals surface area contributed by atoms with Gasteiger partial charge in [0.1, 0.15) is 5.75 Å². The monoisotopic (exact) mass is 458 g/mol. The number of rotatable bonds is 6. The van der Waals surface area contributed by atoms with Crippen molar-refractivity contribution >= 4 is 35.0 Å². The molecule has 1 fully saturated rings. The summed E-state index contributed by atoms with van der Waals surface area (Å²) in [4.78, 5) is 26.9. The minimum Gasteiger partial charge on any atom is -0.495 e. The molecular weight excluding hydrogens is 428 g/mol. The normalized spacial score (nSPS) is 18.3. The highest BCUT2D eigenvalue weighted by molar-refractivity contribution is 6.31. The summed E-state index contributed by atoms with van der Waals surface area (Å²) in [6, 6.07) is 11.0. The Morgan fingerprint density at radius 2 is 1.81 bits per heavy atom. The van der Waals surface area contributed by atoms with E-state index in [0.717, 1.165) is 16.8 Å². The van der Waals surface area contributed by atoms with E-state index in [1.54, 1.807) is 24.1 Å². The van der Waals surface area contributed by atoms with Gasteiger partial charge in [-0.05, 0) is 67.9 Å². The van der Waals surface area contributed by atoms with Gasteiger partial charge in [-0.2, -0.15) is 0 Å². The number of nitrogens with zero attached hydrogens (tertiary/aromatic N) is 1. The molecular formula is C25H31ClN2O4. The van der Waals surface area contributed by atoms with E-state index < -0.39 is 5.97 Å². The third-order valence-electron chi connectivity index (χ3n) is 6.17. The number of hydrogen-bond acceptors (Lipinski definition) is 3. The van der Waals surface area contributed by atoms with Crippen molar-refractivity contribution in [2.24, 2.45) is 5.92 Å². The lowest BCUT2D eigenvalue weighted by Crippen LogP contribution is -2.46. The summed E-state index contributed by atoms with van der Waals surface area (Å²) in [7, 11) is 1.55. The minimum absolute atomic E-state index is 0.0996. The van der Waals surface area contributed by atoms with Gasteiger partial charge in [0.15, 0.2) is 0 Å². The van der Waals surface area contributed by atoms with Crippen molar-refractivity contribution in [3.63, 3.8) is 0 Å². The van der Waals surface area contributed by atoms with Gasteiger partial charge >= 0.3 is 12.0 Å². The highest BCUT2D eigenvalue weighted by atomic mass is 35.5. The van der Waals surface area contributed by atoms with Gasteiger partial charge in [-0.15, -0.1) is 0 Å². The van der Waals surface area contributed by atoms with Crippen LogP contribution in [0.2, 0.25) is 5.02 Å². The topological polar surface area (TPSA) is 78.9 Å². The molecule has 2 amide bonds. The lowest BCUT2D eigenvalue weighted by molar-refractivity contribution is -0.142. The van der Waals surface area contributed by atoms with Crippen LogP contribution in [-0.2, 0) is 4.79 Å². The van der Waals surface area contributed by atoms with Crippen LogP contribution in [-0.4, -0.2) is 30.3 Å². The maximum absolute atomic E-state index is 13.7. The molecule has 0 bridgehead atoms. The fourth-order valence-corrected chi connectivity index (χ4v) is 4.51. The van der Waals surface area contributed by atoms with Gasteiger partial charge in [-0.25, -0.2) is 4.79 Å². The maximum Gasteiger partial charge on any atom is 0.326 e. The largest absolute Gasteiger partial charge is 0.495 e. The highest BCUT2D eigenvalue weighted by Gasteiger charge is 2.34. The number of carboxylic acid groups (broad SMARTS) is 1. The van der Waals surface area contributed by atoms with Crippen molar-refractivity contribution in [3.05, 3.63) is 52.5 Å². The van der Waals surface area contributed by atoms with Crippen LogP contribution in [0.15, 0.2) is 36.4 Å². The zero-order valence-corrected chi connectivity index (χ0v) is 19.8. The number of halogens is 1. The van der Waals surface area contributed by atoms with Crippen LogP contribution in [0.4, 0.5) is 16.2 Å². The molecule has 2 aromatic rings. The second-order valence-corrected chi connectivity index (χ2v) is 9.07. The third kappa shape index (κ3) is 5.18. The quantitative estimate of drug-likeness (QED) is 0.520. The summed E-state index contributed by atoms with van der Waals surface area (Å²) < 4.78 is 5.46. The number of carbonyl (C=O) groups is 2. The van der Waals surface area contributed by atoms with Gasteiger partial charge in [0.05, 0.1) is 18.7 Å². The number of anilines is 2. The third-order valence-corrected chi connectivity index (χ3v) is 6.58. The standard InChI is InChI=1S/C25H31ClN2O4/c1-15(2)19-7-5-6-8-22(19)28(18-11-9-17(10-12-18)24(29)30)25(31)27-21-14-20(26)16(3)13-23(21)32-4/h5-8,13-15,17-18H,9-12H2,1-4H3,(H,27,31)(H,29,30)/t17-,18-. The molecule has 2 N–H and O–H groups in total. The summed E-state index contributed by atoms with van der Waals surface area (Å²) >= 11 is 6.31. The molecule has 0 unspecified atom stereocenters. The van der Waals surface area contributed by atoms with Crippen molar-refractivity contribution in [1.29, 1.82) is 0 Å². The molecule has 172 valence electrons. The van der Waals surface area contributed by atoms with Crippen LogP contribution in [0.25, 0.3) is 0 Å². The molecule has 6 nitrogen and oxygen atoms in total. The van der Waals surface area contributed by atoms with Crippen LogP contribution >= 0.6 is 11.6 Å². The van der Waals surface area contributed by atoms with E-state index in [4.69, 9.17) is 16.3 Å². The Bertz CT molecular complexity index is 984. The van der Waals surface area contributed by atoms with Crippen molar-refractivity contribution in [3.8, 4) is 5.75 Å². The Balaban J connectivity index is 1.97. The summed E-state index contributed by atoms with van der Waals surface area (Å²) in [6.07, 6.45) is 2.35. The average Bonchev–Trinajstić information content (AvgIpc) is 2.77. The van der Waals surface area contributed by atoms with Gasteiger partial charge in [-0.3, -0.25) is 9.69 Å². The molecule has 0 spiro atoms. The molecule has 1 aliphatic carbocycles. The van der Waals surface area contributed by atoms with Gasteiger partial charge in [0.25, 0.3) is 0 Å². The van der Waals surface area contributed by atoms with E-state index in [2.05, 4.69) is 19.2 Å². The lowest BCUT2D eigenvalue weighted by atomic mass is 9.85. The fourth-order valence-electron chi connectivity index (χ4n) is 4.35. The summed E-state index contributed by atoms with van der Waals surface area (Å²) in [5, 5.41) is 12.9. The van der Waals surface area contributed by atoms with E-state index in [1.807, 2.05) is 31.2 Å². The van der Waals surface area contributed by atoms with Gasteiger partial charge in [0, 0.05) is 16.8 Å². The van der Waals surface area contributed by atoms with E-state index in [9.17, 15) is 14.7 Å². The van der Waals surface area contributed by atoms with E-state index in [0.29, 0.717) is 42.1 Å². The molecule has 3 rings (SSSR count). The Kier molecular flexibility index (Phi) is 7.67. The number of ether oxygens (including phenoxy) is 1. The SMILES string of the molecule is COc1cc(C)c(Cl)cc1NC(=O)N(c1ccccc1C(C)C)[C@H]1CC[C@H](C(=O)O)CC1. The van der Waals surface area contributed by atoms with E-state index >= 15 is 0 Å². The first-order valence-electron chi connectivity index (χ1n) is 11.0. The second-order valence-electron chi connectivity index (χ2n) is 8.66. The molecule has 0 saturated heterocycles. The number of aliphatic carboxylic acids is 1. The number of urea groups is 1. The maximum atomic E-state index is 13.7. The van der Waals surface area contributed by atoms with Crippen LogP contribution in [0, 0.1) is 12.8 Å². The second kappa shape index (κ2) is 10.3. The highest BCUT2D eigenvalue weighted by Crippen LogP contribution is 2.36. The Morgan fingerprint density at radius 1 is 1.16 bits per heavy atom. The number of nitrogens with one attached hydrogen (secondary N) is 1. The van der Waals surface area contributed by atoms with Crippen LogP contribution in [0.1, 0.15) is 56.6 Å². The fraction of sp³-hybridized carbons (Fsp3) is 0.440. The summed E-state index contributed by atoms with van der Waals surface area (Å²) in [5.74, 6) is -0.360. The first kappa shape index (κ1) is 23.9. The van der Waals surface area contributed by atoms with Crippen LogP contribution < -0.4 is 15.0 Å². The van der Waals surface area contributed by atoms with Crippen molar-refractivity contribution in [1.82, 2.24) is 0 Å². The number of amides is 2. The number of hydrogen-bond donors (Lipinski definition) is 2. The molecule has 0 aromatic heterocycles. The Labute approximate surface area is 194 Å². The summed E-state index contributed by atoms with van der Waals surface area (Å²) in [6.45, 7) is 6.07. The lowest BCUT2D eigenvalue weighted by Gasteiger charge is -2.37. The molecule has 0 atom stereocenters. The number of methoxy groups -OCH3 is 1. The first-order chi connectivity index (χ1) is 15.2. The molecule has 32 heavy (non-hydrogen) atoms. The predicted molar refractivity (Wildman–Crippen MR) is 128 cm³/mol.